The van der Waals surface area contributed by atoms with Gasteiger partial charge in [-0.3, -0.25) is 14.9 Å². The lowest BCUT2D eigenvalue weighted by Crippen LogP contribution is -2.13. The average molecular weight is 324 g/mol. The maximum Gasteiger partial charge on any atom is 0.274 e. The number of amides is 1. The molecule has 0 saturated heterocycles. The van der Waals surface area contributed by atoms with Crippen LogP contribution in [-0.2, 0) is 0 Å². The van der Waals surface area contributed by atoms with Gasteiger partial charge in [0.1, 0.15) is 6.33 Å². The van der Waals surface area contributed by atoms with Crippen molar-refractivity contribution in [3.05, 3.63) is 70.0 Å². The molecule has 0 atom stereocenters. The highest BCUT2D eigenvalue weighted by molar-refractivity contribution is 6.05. The zero-order valence-electron chi connectivity index (χ0n) is 12.6. The third-order valence-corrected chi connectivity index (χ3v) is 3.47. The molecule has 24 heavy (non-hydrogen) atoms. The Bertz CT molecular complexity index is 907. The van der Waals surface area contributed by atoms with Gasteiger partial charge in [-0.25, -0.2) is 4.68 Å². The standard InChI is InChI=1S/C15H12N6O3/c1-10-13(6-3-7-14(10)21(23)24)17-15(22)11-4-2-5-12(8-11)20-9-16-18-19-20/h2-9H,1H3,(H,17,22). The number of carbonyl (C=O) groups excluding carboxylic acids is 1. The minimum atomic E-state index is -0.483. The van der Waals surface area contributed by atoms with Crippen molar-refractivity contribution in [3.63, 3.8) is 0 Å². The number of tetrazole rings is 1. The van der Waals surface area contributed by atoms with Crippen LogP contribution in [0.15, 0.2) is 48.8 Å². The SMILES string of the molecule is Cc1c(NC(=O)c2cccc(-n3cnnn3)c2)cccc1[N+](=O)[O-]. The van der Waals surface area contributed by atoms with E-state index in [1.807, 2.05) is 0 Å². The first-order chi connectivity index (χ1) is 11.6. The van der Waals surface area contributed by atoms with Crippen LogP contribution in [0.4, 0.5) is 11.4 Å². The molecule has 9 nitrogen and oxygen atoms in total. The molecule has 0 fully saturated rings. The van der Waals surface area contributed by atoms with Crippen LogP contribution in [-0.4, -0.2) is 31.0 Å². The second-order valence-corrected chi connectivity index (χ2v) is 4.97. The number of nitrogens with one attached hydrogen (secondary N) is 1. The highest BCUT2D eigenvalue weighted by Crippen LogP contribution is 2.25. The zero-order chi connectivity index (χ0) is 17.1. The second kappa shape index (κ2) is 6.24. The number of hydrogen-bond acceptors (Lipinski definition) is 6. The molecule has 0 bridgehead atoms. The van der Waals surface area contributed by atoms with Crippen molar-refractivity contribution >= 4 is 17.3 Å². The number of benzene rings is 2. The molecule has 120 valence electrons. The van der Waals surface area contributed by atoms with E-state index >= 15 is 0 Å². The molecule has 3 rings (SSSR count). The molecule has 0 radical (unpaired) electrons. The third-order valence-electron chi connectivity index (χ3n) is 3.47. The van der Waals surface area contributed by atoms with Crippen molar-refractivity contribution in [3.8, 4) is 5.69 Å². The fraction of sp³-hybridized carbons (Fsp3) is 0.0667. The molecule has 0 saturated carbocycles. The Morgan fingerprint density at radius 2 is 2.04 bits per heavy atom. The zero-order valence-corrected chi connectivity index (χ0v) is 12.6. The maximum absolute atomic E-state index is 12.4. The number of anilines is 1. The second-order valence-electron chi connectivity index (χ2n) is 4.97. The van der Waals surface area contributed by atoms with Gasteiger partial charge in [0.2, 0.25) is 0 Å². The Labute approximate surface area is 136 Å². The van der Waals surface area contributed by atoms with Gasteiger partial charge in [0.25, 0.3) is 11.6 Å². The molecule has 0 aliphatic carbocycles. The van der Waals surface area contributed by atoms with Crippen molar-refractivity contribution in [2.75, 3.05) is 5.32 Å². The summed E-state index contributed by atoms with van der Waals surface area (Å²) >= 11 is 0. The first kappa shape index (κ1) is 15.3. The summed E-state index contributed by atoms with van der Waals surface area (Å²) in [6.45, 7) is 1.59. The van der Waals surface area contributed by atoms with E-state index in [9.17, 15) is 14.9 Å². The Balaban J connectivity index is 1.87. The van der Waals surface area contributed by atoms with Crippen molar-refractivity contribution in [2.45, 2.75) is 6.92 Å². The molecule has 0 unspecified atom stereocenters. The minimum Gasteiger partial charge on any atom is -0.321 e. The molecule has 0 spiro atoms. The summed E-state index contributed by atoms with van der Waals surface area (Å²) in [6.07, 6.45) is 1.42. The molecule has 3 aromatic rings. The van der Waals surface area contributed by atoms with E-state index in [1.54, 1.807) is 37.3 Å². The van der Waals surface area contributed by atoms with Crippen molar-refractivity contribution in [2.24, 2.45) is 0 Å². The number of carbonyl (C=O) groups is 1. The smallest absolute Gasteiger partial charge is 0.274 e. The molecule has 0 aliphatic rings. The highest BCUT2D eigenvalue weighted by atomic mass is 16.6. The van der Waals surface area contributed by atoms with E-state index in [2.05, 4.69) is 20.8 Å². The van der Waals surface area contributed by atoms with Gasteiger partial charge in [-0.15, -0.1) is 5.10 Å². The van der Waals surface area contributed by atoms with Gasteiger partial charge in [-0.1, -0.05) is 12.1 Å². The summed E-state index contributed by atoms with van der Waals surface area (Å²) in [5.74, 6) is -0.381. The lowest BCUT2D eigenvalue weighted by atomic mass is 10.1. The van der Waals surface area contributed by atoms with Crippen LogP contribution in [0, 0.1) is 17.0 Å². The van der Waals surface area contributed by atoms with Gasteiger partial charge in [0, 0.05) is 11.6 Å². The van der Waals surface area contributed by atoms with Crippen LogP contribution >= 0.6 is 0 Å². The number of aromatic nitrogens is 4. The number of rotatable bonds is 4. The molecular weight excluding hydrogens is 312 g/mol. The van der Waals surface area contributed by atoms with E-state index in [1.165, 1.54) is 23.1 Å². The minimum absolute atomic E-state index is 0.0461. The van der Waals surface area contributed by atoms with Crippen LogP contribution < -0.4 is 5.32 Å². The summed E-state index contributed by atoms with van der Waals surface area (Å²) in [4.78, 5) is 22.9. The number of hydrogen-bond donors (Lipinski definition) is 1. The van der Waals surface area contributed by atoms with Crippen LogP contribution in [0.2, 0.25) is 0 Å². The summed E-state index contributed by atoms with van der Waals surface area (Å²) in [5.41, 5.74) is 1.75. The van der Waals surface area contributed by atoms with Crippen LogP contribution in [0.5, 0.6) is 0 Å². The lowest BCUT2D eigenvalue weighted by Gasteiger charge is -2.09. The molecular formula is C15H12N6O3. The third kappa shape index (κ3) is 2.95. The Morgan fingerprint density at radius 3 is 2.75 bits per heavy atom. The van der Waals surface area contributed by atoms with Crippen molar-refractivity contribution < 1.29 is 9.72 Å². The van der Waals surface area contributed by atoms with Gasteiger partial charge >= 0.3 is 0 Å². The molecule has 1 amide bonds. The van der Waals surface area contributed by atoms with Crippen LogP contribution in [0.25, 0.3) is 5.69 Å². The van der Waals surface area contributed by atoms with Crippen molar-refractivity contribution in [1.82, 2.24) is 20.2 Å². The maximum atomic E-state index is 12.4. The van der Waals surface area contributed by atoms with Crippen molar-refractivity contribution in [1.29, 1.82) is 0 Å². The van der Waals surface area contributed by atoms with Gasteiger partial charge < -0.3 is 5.32 Å². The average Bonchev–Trinajstić information content (AvgIpc) is 3.11. The summed E-state index contributed by atoms with van der Waals surface area (Å²) in [5, 5.41) is 24.5. The van der Waals surface area contributed by atoms with Gasteiger partial charge in [0.05, 0.1) is 21.9 Å². The molecule has 1 heterocycles. The monoisotopic (exact) mass is 324 g/mol. The summed E-state index contributed by atoms with van der Waals surface area (Å²) < 4.78 is 1.43. The number of nitro groups is 1. The first-order valence-corrected chi connectivity index (χ1v) is 6.95. The predicted molar refractivity (Wildman–Crippen MR) is 84.9 cm³/mol. The van der Waals surface area contributed by atoms with Gasteiger partial charge in [-0.2, -0.15) is 0 Å². The molecule has 2 aromatic carbocycles. The van der Waals surface area contributed by atoms with Crippen LogP contribution in [0.3, 0.4) is 0 Å². The van der Waals surface area contributed by atoms with E-state index in [4.69, 9.17) is 0 Å². The fourth-order valence-corrected chi connectivity index (χ4v) is 2.22. The number of nitro benzene ring substituents is 1. The predicted octanol–water partition coefficient (Wildman–Crippen LogP) is 2.13. The molecule has 1 N–H and O–H groups in total. The fourth-order valence-electron chi connectivity index (χ4n) is 2.22. The Morgan fingerprint density at radius 1 is 1.25 bits per heavy atom. The first-order valence-electron chi connectivity index (χ1n) is 6.95. The quantitative estimate of drug-likeness (QED) is 0.580. The Hall–Kier alpha value is -3.62. The van der Waals surface area contributed by atoms with E-state index in [-0.39, 0.29) is 11.6 Å². The summed E-state index contributed by atoms with van der Waals surface area (Å²) in [6, 6.07) is 11.2. The van der Waals surface area contributed by atoms with Crippen LogP contribution in [0.1, 0.15) is 15.9 Å². The Kier molecular flexibility index (Phi) is 3.98. The van der Waals surface area contributed by atoms with Gasteiger partial charge in [-0.05, 0) is 41.6 Å². The van der Waals surface area contributed by atoms with E-state index in [0.29, 0.717) is 22.5 Å². The number of nitrogens with zero attached hydrogens (tertiary/aromatic N) is 5. The summed E-state index contributed by atoms with van der Waals surface area (Å²) in [7, 11) is 0. The van der Waals surface area contributed by atoms with E-state index in [0.717, 1.165) is 0 Å². The lowest BCUT2D eigenvalue weighted by molar-refractivity contribution is -0.385. The molecule has 9 heteroatoms. The molecule has 1 aromatic heterocycles. The highest BCUT2D eigenvalue weighted by Gasteiger charge is 2.15. The normalized spacial score (nSPS) is 10.4. The van der Waals surface area contributed by atoms with Gasteiger partial charge in [0.15, 0.2) is 0 Å². The topological polar surface area (TPSA) is 116 Å². The largest absolute Gasteiger partial charge is 0.321 e. The molecule has 0 aliphatic heterocycles. The van der Waals surface area contributed by atoms with E-state index < -0.39 is 4.92 Å².